The van der Waals surface area contributed by atoms with Crippen LogP contribution in [0.1, 0.15) is 25.0 Å². The number of methoxy groups -OCH3 is 1. The Bertz CT molecular complexity index is 315. The topological polar surface area (TPSA) is 47.3 Å². The Morgan fingerprint density at radius 1 is 1.62 bits per heavy atom. The molecule has 2 rings (SSSR count). The van der Waals surface area contributed by atoms with Crippen molar-refractivity contribution < 1.29 is 9.84 Å². The predicted molar refractivity (Wildman–Crippen MR) is 47.5 cm³/mol. The molecule has 1 aromatic heterocycles. The zero-order chi connectivity index (χ0) is 9.47. The first-order valence-corrected chi connectivity index (χ1v) is 4.46. The molecule has 1 fully saturated rings. The number of hydrogen-bond donors (Lipinski definition) is 1. The van der Waals surface area contributed by atoms with Gasteiger partial charge in [0.15, 0.2) is 5.75 Å². The van der Waals surface area contributed by atoms with E-state index in [1.165, 1.54) is 0 Å². The SMILES string of the molecule is COc1cnn(C)c1C1(O)CCC1. The van der Waals surface area contributed by atoms with Crippen molar-refractivity contribution in [1.29, 1.82) is 0 Å². The quantitative estimate of drug-likeness (QED) is 0.736. The minimum absolute atomic E-state index is 0.685. The maximum atomic E-state index is 10.1. The van der Waals surface area contributed by atoms with Gasteiger partial charge in [0.2, 0.25) is 0 Å². The third-order valence-corrected chi connectivity index (χ3v) is 2.75. The minimum atomic E-state index is -0.698. The van der Waals surface area contributed by atoms with Gasteiger partial charge in [0.1, 0.15) is 11.3 Å². The van der Waals surface area contributed by atoms with E-state index in [4.69, 9.17) is 4.74 Å². The Morgan fingerprint density at radius 3 is 2.77 bits per heavy atom. The van der Waals surface area contributed by atoms with Crippen LogP contribution >= 0.6 is 0 Å². The average Bonchev–Trinajstić information content (AvgIpc) is 2.43. The number of aliphatic hydroxyl groups is 1. The molecular formula is C9H14N2O2. The van der Waals surface area contributed by atoms with Crippen LogP contribution in [0.5, 0.6) is 5.75 Å². The van der Waals surface area contributed by atoms with Gasteiger partial charge >= 0.3 is 0 Å². The number of aromatic nitrogens is 2. The van der Waals surface area contributed by atoms with Gasteiger partial charge in [-0.05, 0) is 19.3 Å². The minimum Gasteiger partial charge on any atom is -0.493 e. The van der Waals surface area contributed by atoms with Crippen LogP contribution < -0.4 is 4.74 Å². The molecule has 1 N–H and O–H groups in total. The molecule has 4 heteroatoms. The smallest absolute Gasteiger partial charge is 0.162 e. The van der Waals surface area contributed by atoms with Crippen molar-refractivity contribution in [3.8, 4) is 5.75 Å². The van der Waals surface area contributed by atoms with Gasteiger partial charge in [0, 0.05) is 7.05 Å². The highest BCUT2D eigenvalue weighted by Crippen LogP contribution is 2.44. The van der Waals surface area contributed by atoms with E-state index in [1.54, 1.807) is 18.0 Å². The van der Waals surface area contributed by atoms with Crippen molar-refractivity contribution >= 4 is 0 Å². The van der Waals surface area contributed by atoms with E-state index in [9.17, 15) is 5.11 Å². The number of nitrogens with zero attached hydrogens (tertiary/aromatic N) is 2. The number of aryl methyl sites for hydroxylation is 1. The third-order valence-electron chi connectivity index (χ3n) is 2.75. The normalized spacial score (nSPS) is 19.6. The molecule has 1 heterocycles. The molecular weight excluding hydrogens is 168 g/mol. The summed E-state index contributed by atoms with van der Waals surface area (Å²) in [4.78, 5) is 0. The molecule has 0 atom stereocenters. The Kier molecular flexibility index (Phi) is 1.80. The zero-order valence-corrected chi connectivity index (χ0v) is 7.95. The molecule has 72 valence electrons. The molecule has 0 aromatic carbocycles. The highest BCUT2D eigenvalue weighted by atomic mass is 16.5. The van der Waals surface area contributed by atoms with Crippen LogP contribution in [0, 0.1) is 0 Å². The summed E-state index contributed by atoms with van der Waals surface area (Å²) in [6.45, 7) is 0. The Hall–Kier alpha value is -1.03. The van der Waals surface area contributed by atoms with Crippen molar-refractivity contribution in [3.63, 3.8) is 0 Å². The summed E-state index contributed by atoms with van der Waals surface area (Å²) >= 11 is 0. The molecule has 1 aliphatic rings. The van der Waals surface area contributed by atoms with Crippen LogP contribution in [0.4, 0.5) is 0 Å². The van der Waals surface area contributed by atoms with Crippen molar-refractivity contribution in [2.24, 2.45) is 7.05 Å². The van der Waals surface area contributed by atoms with Gasteiger partial charge in [0.05, 0.1) is 13.3 Å². The summed E-state index contributed by atoms with van der Waals surface area (Å²) < 4.78 is 6.84. The lowest BCUT2D eigenvalue weighted by molar-refractivity contribution is -0.0473. The van der Waals surface area contributed by atoms with E-state index in [0.29, 0.717) is 5.75 Å². The van der Waals surface area contributed by atoms with Crippen molar-refractivity contribution in [1.82, 2.24) is 9.78 Å². The average molecular weight is 182 g/mol. The fourth-order valence-corrected chi connectivity index (χ4v) is 1.85. The summed E-state index contributed by atoms with van der Waals surface area (Å²) in [6, 6.07) is 0. The second kappa shape index (κ2) is 2.73. The first-order chi connectivity index (χ1) is 6.17. The Balaban J connectivity index is 2.42. The molecule has 1 saturated carbocycles. The number of ether oxygens (including phenoxy) is 1. The zero-order valence-electron chi connectivity index (χ0n) is 7.95. The van der Waals surface area contributed by atoms with Gasteiger partial charge < -0.3 is 9.84 Å². The molecule has 0 spiro atoms. The fraction of sp³-hybridized carbons (Fsp3) is 0.667. The van der Waals surface area contributed by atoms with Gasteiger partial charge in [-0.3, -0.25) is 4.68 Å². The molecule has 0 aliphatic heterocycles. The molecule has 1 aliphatic carbocycles. The standard InChI is InChI=1S/C9H14N2O2/c1-11-8(7(13-2)6-10-11)9(12)4-3-5-9/h6,12H,3-5H2,1-2H3. The summed E-state index contributed by atoms with van der Waals surface area (Å²) in [5, 5.41) is 14.2. The lowest BCUT2D eigenvalue weighted by Crippen LogP contribution is -2.36. The highest BCUT2D eigenvalue weighted by molar-refractivity contribution is 5.32. The predicted octanol–water partition coefficient (Wildman–Crippen LogP) is 0.800. The van der Waals surface area contributed by atoms with Crippen LogP contribution in [0.25, 0.3) is 0 Å². The first-order valence-electron chi connectivity index (χ1n) is 4.46. The summed E-state index contributed by atoms with van der Waals surface area (Å²) in [6.07, 6.45) is 4.34. The van der Waals surface area contributed by atoms with E-state index in [1.807, 2.05) is 7.05 Å². The van der Waals surface area contributed by atoms with Crippen molar-refractivity contribution in [2.75, 3.05) is 7.11 Å². The summed E-state index contributed by atoms with van der Waals surface area (Å²) in [7, 11) is 3.43. The summed E-state index contributed by atoms with van der Waals surface area (Å²) in [5.41, 5.74) is 0.109. The molecule has 1 aromatic rings. The molecule has 0 unspecified atom stereocenters. The molecule has 4 nitrogen and oxygen atoms in total. The third kappa shape index (κ3) is 1.13. The monoisotopic (exact) mass is 182 g/mol. The van der Waals surface area contributed by atoms with E-state index in [-0.39, 0.29) is 0 Å². The molecule has 0 saturated heterocycles. The van der Waals surface area contributed by atoms with E-state index in [0.717, 1.165) is 25.0 Å². The Labute approximate surface area is 77.1 Å². The molecule has 0 bridgehead atoms. The van der Waals surface area contributed by atoms with Gasteiger partial charge in [0.25, 0.3) is 0 Å². The fourth-order valence-electron chi connectivity index (χ4n) is 1.85. The first kappa shape index (κ1) is 8.56. The van der Waals surface area contributed by atoms with Crippen molar-refractivity contribution in [3.05, 3.63) is 11.9 Å². The summed E-state index contributed by atoms with van der Waals surface area (Å²) in [5.74, 6) is 0.685. The molecule has 0 amide bonds. The van der Waals surface area contributed by atoms with Crippen LogP contribution in [0.3, 0.4) is 0 Å². The largest absolute Gasteiger partial charge is 0.493 e. The highest BCUT2D eigenvalue weighted by Gasteiger charge is 2.41. The van der Waals surface area contributed by atoms with E-state index in [2.05, 4.69) is 5.10 Å². The van der Waals surface area contributed by atoms with Gasteiger partial charge in [-0.2, -0.15) is 5.10 Å². The van der Waals surface area contributed by atoms with Crippen LogP contribution in [-0.2, 0) is 12.6 Å². The number of hydrogen-bond acceptors (Lipinski definition) is 3. The van der Waals surface area contributed by atoms with Crippen LogP contribution in [0.15, 0.2) is 6.20 Å². The van der Waals surface area contributed by atoms with Crippen LogP contribution in [-0.4, -0.2) is 22.0 Å². The lowest BCUT2D eigenvalue weighted by Gasteiger charge is -2.36. The van der Waals surface area contributed by atoms with E-state index < -0.39 is 5.60 Å². The van der Waals surface area contributed by atoms with Gasteiger partial charge in [-0.1, -0.05) is 0 Å². The van der Waals surface area contributed by atoms with Crippen LogP contribution in [0.2, 0.25) is 0 Å². The van der Waals surface area contributed by atoms with Gasteiger partial charge in [-0.15, -0.1) is 0 Å². The Morgan fingerprint density at radius 2 is 2.31 bits per heavy atom. The molecule has 13 heavy (non-hydrogen) atoms. The van der Waals surface area contributed by atoms with Gasteiger partial charge in [-0.25, -0.2) is 0 Å². The maximum Gasteiger partial charge on any atom is 0.162 e. The second-order valence-electron chi connectivity index (χ2n) is 3.57. The number of rotatable bonds is 2. The maximum absolute atomic E-state index is 10.1. The van der Waals surface area contributed by atoms with Crippen molar-refractivity contribution in [2.45, 2.75) is 24.9 Å². The van der Waals surface area contributed by atoms with E-state index >= 15 is 0 Å². The second-order valence-corrected chi connectivity index (χ2v) is 3.57. The molecule has 0 radical (unpaired) electrons. The lowest BCUT2D eigenvalue weighted by atomic mass is 9.77.